The maximum absolute atomic E-state index is 4.72. The van der Waals surface area contributed by atoms with E-state index in [1.54, 1.807) is 6.20 Å². The van der Waals surface area contributed by atoms with E-state index in [1.807, 2.05) is 10.6 Å². The largest absolute Gasteiger partial charge is 0.355 e. The van der Waals surface area contributed by atoms with Gasteiger partial charge in [0.2, 0.25) is 0 Å². The van der Waals surface area contributed by atoms with Crippen molar-refractivity contribution in [2.24, 2.45) is 0 Å². The summed E-state index contributed by atoms with van der Waals surface area (Å²) in [6.45, 7) is 7.00. The number of nitrogens with zero attached hydrogens (tertiary/aromatic N) is 6. The van der Waals surface area contributed by atoms with Gasteiger partial charge in [0, 0.05) is 45.3 Å². The molecule has 0 unspecified atom stereocenters. The van der Waals surface area contributed by atoms with Gasteiger partial charge in [-0.05, 0) is 48.0 Å². The van der Waals surface area contributed by atoms with Crippen LogP contribution in [0.15, 0.2) is 22.9 Å². The monoisotopic (exact) mass is 378 g/mol. The highest BCUT2D eigenvalue weighted by molar-refractivity contribution is 9.10. The summed E-state index contributed by atoms with van der Waals surface area (Å²) in [5, 5.41) is 4.72. The van der Waals surface area contributed by atoms with Gasteiger partial charge in [-0.2, -0.15) is 0 Å². The van der Waals surface area contributed by atoms with Gasteiger partial charge in [0.05, 0.1) is 6.20 Å². The molecule has 2 aliphatic heterocycles. The molecule has 0 aromatic carbocycles. The molecule has 2 aromatic heterocycles. The van der Waals surface area contributed by atoms with Gasteiger partial charge in [-0.3, -0.25) is 4.90 Å². The highest BCUT2D eigenvalue weighted by atomic mass is 79.9. The summed E-state index contributed by atoms with van der Waals surface area (Å²) < 4.78 is 2.77. The van der Waals surface area contributed by atoms with Crippen molar-refractivity contribution in [3.63, 3.8) is 0 Å². The van der Waals surface area contributed by atoms with E-state index in [2.05, 4.69) is 48.7 Å². The molecule has 0 aliphatic carbocycles. The number of piperazine rings is 1. The lowest BCUT2D eigenvalue weighted by atomic mass is 10.0. The summed E-state index contributed by atoms with van der Waals surface area (Å²) in [5.74, 6) is 1.05. The van der Waals surface area contributed by atoms with E-state index in [0.717, 1.165) is 35.2 Å². The number of fused-ring (bicyclic) bond motifs is 1. The molecule has 23 heavy (non-hydrogen) atoms. The van der Waals surface area contributed by atoms with Crippen molar-refractivity contribution in [2.45, 2.75) is 18.9 Å². The van der Waals surface area contributed by atoms with Gasteiger partial charge < -0.3 is 9.80 Å². The van der Waals surface area contributed by atoms with Gasteiger partial charge in [-0.25, -0.2) is 9.50 Å². The van der Waals surface area contributed by atoms with Crippen molar-refractivity contribution >= 4 is 27.4 Å². The maximum Gasteiger partial charge on any atom is 0.154 e. The number of halogens is 1. The van der Waals surface area contributed by atoms with Crippen LogP contribution >= 0.6 is 15.9 Å². The predicted molar refractivity (Wildman–Crippen MR) is 95.0 cm³/mol. The number of piperidine rings is 1. The van der Waals surface area contributed by atoms with Gasteiger partial charge >= 0.3 is 0 Å². The molecule has 4 rings (SSSR count). The quantitative estimate of drug-likeness (QED) is 0.795. The average Bonchev–Trinajstić information content (AvgIpc) is 2.96. The van der Waals surface area contributed by atoms with Crippen LogP contribution in [0.4, 0.5) is 5.82 Å². The van der Waals surface area contributed by atoms with Crippen LogP contribution in [0, 0.1) is 0 Å². The lowest BCUT2D eigenvalue weighted by molar-refractivity contribution is 0.0981. The molecular weight excluding hydrogens is 356 g/mol. The van der Waals surface area contributed by atoms with E-state index in [0.29, 0.717) is 0 Å². The first-order valence-electron chi connectivity index (χ1n) is 8.38. The number of aromatic nitrogens is 3. The van der Waals surface area contributed by atoms with Crippen molar-refractivity contribution < 1.29 is 0 Å². The summed E-state index contributed by atoms with van der Waals surface area (Å²) in [6, 6.07) is 4.87. The molecule has 0 N–H and O–H groups in total. The van der Waals surface area contributed by atoms with Crippen molar-refractivity contribution in [1.82, 2.24) is 24.4 Å². The van der Waals surface area contributed by atoms with E-state index in [4.69, 9.17) is 5.10 Å². The first-order valence-corrected chi connectivity index (χ1v) is 9.18. The molecule has 7 heteroatoms. The molecule has 2 saturated heterocycles. The molecule has 6 nitrogen and oxygen atoms in total. The van der Waals surface area contributed by atoms with E-state index in [-0.39, 0.29) is 0 Å². The minimum absolute atomic E-state index is 0.740. The van der Waals surface area contributed by atoms with E-state index in [9.17, 15) is 0 Å². The van der Waals surface area contributed by atoms with Gasteiger partial charge in [0.1, 0.15) is 10.4 Å². The fourth-order valence-electron chi connectivity index (χ4n) is 3.65. The zero-order valence-electron chi connectivity index (χ0n) is 13.5. The number of likely N-dealkylation sites (N-methyl/N-ethyl adjacent to an activating group) is 1. The van der Waals surface area contributed by atoms with E-state index < -0.39 is 0 Å². The second-order valence-electron chi connectivity index (χ2n) is 6.60. The maximum atomic E-state index is 4.72. The molecule has 124 valence electrons. The second-order valence-corrected chi connectivity index (χ2v) is 7.41. The molecule has 2 aliphatic rings. The van der Waals surface area contributed by atoms with Gasteiger partial charge in [-0.1, -0.05) is 0 Å². The van der Waals surface area contributed by atoms with E-state index in [1.165, 1.54) is 39.0 Å². The molecule has 0 bridgehead atoms. The molecule has 0 amide bonds. The molecule has 0 radical (unpaired) electrons. The normalized spacial score (nSPS) is 22.1. The standard InChI is InChI=1S/C16H23BrN6/c1-20-8-10-21(11-9-20)13-4-6-22(7-5-13)16-3-2-15-18-12-14(17)23(15)19-16/h2-3,12-13H,4-11H2,1H3. The van der Waals surface area contributed by atoms with Crippen LogP contribution in [-0.4, -0.2) is 76.8 Å². The second kappa shape index (κ2) is 6.37. The smallest absolute Gasteiger partial charge is 0.154 e. The first kappa shape index (κ1) is 15.4. The van der Waals surface area contributed by atoms with Crippen LogP contribution in [-0.2, 0) is 0 Å². The number of imidazole rings is 1. The Bertz CT molecular complexity index is 670. The molecule has 0 atom stereocenters. The summed E-state index contributed by atoms with van der Waals surface area (Å²) in [7, 11) is 2.22. The van der Waals surface area contributed by atoms with E-state index >= 15 is 0 Å². The average molecular weight is 379 g/mol. The topological polar surface area (TPSA) is 39.9 Å². The summed E-state index contributed by atoms with van der Waals surface area (Å²) in [5.41, 5.74) is 0.882. The predicted octanol–water partition coefficient (Wildman–Crippen LogP) is 1.71. The van der Waals surface area contributed by atoms with Crippen LogP contribution in [0.25, 0.3) is 5.65 Å². The highest BCUT2D eigenvalue weighted by Crippen LogP contribution is 2.23. The molecule has 0 spiro atoms. The third kappa shape index (κ3) is 3.09. The third-order valence-electron chi connectivity index (χ3n) is 5.15. The van der Waals surface area contributed by atoms with Crippen LogP contribution in [0.1, 0.15) is 12.8 Å². The van der Waals surface area contributed by atoms with Crippen molar-refractivity contribution in [1.29, 1.82) is 0 Å². The Hall–Kier alpha value is -1.18. The van der Waals surface area contributed by atoms with Crippen LogP contribution in [0.5, 0.6) is 0 Å². The Kier molecular flexibility index (Phi) is 4.26. The molecule has 2 fully saturated rings. The molecular formula is C16H23BrN6. The fourth-order valence-corrected chi connectivity index (χ4v) is 4.01. The Morgan fingerprint density at radius 1 is 1.04 bits per heavy atom. The third-order valence-corrected chi connectivity index (χ3v) is 5.69. The van der Waals surface area contributed by atoms with Gasteiger partial charge in [0.15, 0.2) is 5.65 Å². The Morgan fingerprint density at radius 2 is 1.78 bits per heavy atom. The van der Waals surface area contributed by atoms with Crippen molar-refractivity contribution in [3.8, 4) is 0 Å². The van der Waals surface area contributed by atoms with Crippen molar-refractivity contribution in [3.05, 3.63) is 22.9 Å². The summed E-state index contributed by atoms with van der Waals surface area (Å²) in [4.78, 5) is 11.8. The molecule has 2 aromatic rings. The van der Waals surface area contributed by atoms with Crippen LogP contribution in [0.2, 0.25) is 0 Å². The molecule has 4 heterocycles. The number of rotatable bonds is 2. The SMILES string of the molecule is CN1CCN(C2CCN(c3ccc4ncc(Br)n4n3)CC2)CC1. The highest BCUT2D eigenvalue weighted by Gasteiger charge is 2.27. The minimum atomic E-state index is 0.740. The van der Waals surface area contributed by atoms with Crippen LogP contribution in [0.3, 0.4) is 0 Å². The lowest BCUT2D eigenvalue weighted by Crippen LogP contribution is -2.52. The first-order chi connectivity index (χ1) is 11.2. The van der Waals surface area contributed by atoms with Crippen molar-refractivity contribution in [2.75, 3.05) is 51.2 Å². The number of hydrogen-bond donors (Lipinski definition) is 0. The summed E-state index contributed by atoms with van der Waals surface area (Å²) >= 11 is 3.50. The number of anilines is 1. The zero-order chi connectivity index (χ0) is 15.8. The lowest BCUT2D eigenvalue weighted by Gasteiger charge is -2.42. The van der Waals surface area contributed by atoms with Gasteiger partial charge in [-0.15, -0.1) is 5.10 Å². The van der Waals surface area contributed by atoms with Crippen LogP contribution < -0.4 is 4.90 Å². The Morgan fingerprint density at radius 3 is 2.52 bits per heavy atom. The molecule has 0 saturated carbocycles. The number of hydrogen-bond acceptors (Lipinski definition) is 5. The Balaban J connectivity index is 1.41. The van der Waals surface area contributed by atoms with Gasteiger partial charge in [0.25, 0.3) is 0 Å². The zero-order valence-corrected chi connectivity index (χ0v) is 15.1. The minimum Gasteiger partial charge on any atom is -0.355 e. The Labute approximate surface area is 145 Å². The summed E-state index contributed by atoms with van der Waals surface area (Å²) in [6.07, 6.45) is 4.26. The fraction of sp³-hybridized carbons (Fsp3) is 0.625.